The van der Waals surface area contributed by atoms with Crippen molar-refractivity contribution in [3.05, 3.63) is 41.2 Å². The standard InChI is InChI=1S/C11H6ClF7O/c12-8-5-6(7(3-4-13)10(14,15)16)1-2-9(8)20-11(17,18)19/h1-5,7H. The number of hydrogen-bond donors (Lipinski definition) is 0. The van der Waals surface area contributed by atoms with Gasteiger partial charge in [-0.3, -0.25) is 0 Å². The number of allylic oxidation sites excluding steroid dienone is 1. The van der Waals surface area contributed by atoms with Gasteiger partial charge in [-0.1, -0.05) is 17.7 Å². The minimum Gasteiger partial charge on any atom is -0.404 e. The summed E-state index contributed by atoms with van der Waals surface area (Å²) in [6.45, 7) is 0. The van der Waals surface area contributed by atoms with Gasteiger partial charge in [-0.05, 0) is 23.8 Å². The molecule has 20 heavy (non-hydrogen) atoms. The minimum atomic E-state index is -5.02. The molecule has 0 aliphatic heterocycles. The SMILES string of the molecule is FC=CC(c1ccc(OC(F)(F)F)c(Cl)c1)C(F)(F)F. The fourth-order valence-electron chi connectivity index (χ4n) is 1.40. The topological polar surface area (TPSA) is 9.23 Å². The molecule has 1 aromatic carbocycles. The molecule has 1 rings (SSSR count). The Morgan fingerprint density at radius 3 is 2.10 bits per heavy atom. The van der Waals surface area contributed by atoms with Crippen LogP contribution in [0.15, 0.2) is 30.6 Å². The summed E-state index contributed by atoms with van der Waals surface area (Å²) < 4.78 is 89.3. The second-order valence-corrected chi connectivity index (χ2v) is 3.98. The molecule has 0 saturated carbocycles. The molecule has 0 N–H and O–H groups in total. The maximum absolute atomic E-state index is 12.6. The van der Waals surface area contributed by atoms with Crippen molar-refractivity contribution in [2.75, 3.05) is 0 Å². The summed E-state index contributed by atoms with van der Waals surface area (Å²) in [4.78, 5) is 0. The van der Waals surface area contributed by atoms with Gasteiger partial charge in [0.1, 0.15) is 11.7 Å². The first-order valence-corrected chi connectivity index (χ1v) is 5.31. The van der Waals surface area contributed by atoms with Gasteiger partial charge < -0.3 is 4.74 Å². The Morgan fingerprint density at radius 2 is 1.70 bits per heavy atom. The highest BCUT2D eigenvalue weighted by Crippen LogP contribution is 2.39. The molecule has 0 amide bonds. The quantitative estimate of drug-likeness (QED) is 0.680. The average molecular weight is 323 g/mol. The zero-order chi connectivity index (χ0) is 15.6. The van der Waals surface area contributed by atoms with E-state index in [2.05, 4.69) is 4.74 Å². The Bertz CT molecular complexity index is 493. The van der Waals surface area contributed by atoms with Crippen LogP contribution in [0.4, 0.5) is 30.7 Å². The third kappa shape index (κ3) is 4.59. The highest BCUT2D eigenvalue weighted by Gasteiger charge is 2.39. The molecule has 1 aromatic rings. The van der Waals surface area contributed by atoms with Crippen LogP contribution < -0.4 is 4.74 Å². The Kier molecular flexibility index (Phi) is 4.90. The van der Waals surface area contributed by atoms with Gasteiger partial charge in [0.25, 0.3) is 0 Å². The fraction of sp³-hybridized carbons (Fsp3) is 0.273. The Labute approximate surface area is 113 Å². The maximum atomic E-state index is 12.6. The predicted molar refractivity (Wildman–Crippen MR) is 57.2 cm³/mol. The van der Waals surface area contributed by atoms with E-state index in [9.17, 15) is 30.7 Å². The summed E-state index contributed by atoms with van der Waals surface area (Å²) in [5.74, 6) is -3.15. The highest BCUT2D eigenvalue weighted by molar-refractivity contribution is 6.32. The Morgan fingerprint density at radius 1 is 1.10 bits per heavy atom. The number of halogens is 8. The molecule has 0 spiro atoms. The van der Waals surface area contributed by atoms with Crippen molar-refractivity contribution < 1.29 is 35.5 Å². The van der Waals surface area contributed by atoms with Crippen molar-refractivity contribution in [3.63, 3.8) is 0 Å². The third-order valence-electron chi connectivity index (χ3n) is 2.16. The van der Waals surface area contributed by atoms with Crippen molar-refractivity contribution >= 4 is 11.6 Å². The van der Waals surface area contributed by atoms with E-state index in [-0.39, 0.29) is 12.4 Å². The van der Waals surface area contributed by atoms with Gasteiger partial charge in [0.05, 0.1) is 11.4 Å². The van der Waals surface area contributed by atoms with Gasteiger partial charge in [-0.2, -0.15) is 13.2 Å². The maximum Gasteiger partial charge on any atom is 0.573 e. The van der Waals surface area contributed by atoms with E-state index >= 15 is 0 Å². The third-order valence-corrected chi connectivity index (χ3v) is 2.45. The molecule has 1 nitrogen and oxygen atoms in total. The van der Waals surface area contributed by atoms with E-state index in [1.54, 1.807) is 0 Å². The van der Waals surface area contributed by atoms with Crippen LogP contribution in [-0.4, -0.2) is 12.5 Å². The number of hydrogen-bond acceptors (Lipinski definition) is 1. The molecule has 0 saturated heterocycles. The van der Waals surface area contributed by atoms with Gasteiger partial charge in [0, 0.05) is 0 Å². The van der Waals surface area contributed by atoms with Crippen molar-refractivity contribution in [3.8, 4) is 5.75 Å². The van der Waals surface area contributed by atoms with Crippen molar-refractivity contribution in [1.82, 2.24) is 0 Å². The summed E-state index contributed by atoms with van der Waals surface area (Å²) in [6, 6.07) is 2.00. The molecule has 9 heteroatoms. The number of alkyl halides is 6. The normalized spacial score (nSPS) is 14.6. The molecular weight excluding hydrogens is 317 g/mol. The summed E-state index contributed by atoms with van der Waals surface area (Å²) in [5, 5.41) is -0.665. The van der Waals surface area contributed by atoms with Gasteiger partial charge >= 0.3 is 12.5 Å². The van der Waals surface area contributed by atoms with E-state index in [1.807, 2.05) is 0 Å². The second-order valence-electron chi connectivity index (χ2n) is 3.58. The van der Waals surface area contributed by atoms with Crippen LogP contribution in [0.3, 0.4) is 0 Å². The van der Waals surface area contributed by atoms with Crippen LogP contribution in [-0.2, 0) is 0 Å². The zero-order valence-electron chi connectivity index (χ0n) is 9.40. The number of benzene rings is 1. The molecule has 0 bridgehead atoms. The molecule has 0 aliphatic carbocycles. The number of rotatable bonds is 3. The summed E-state index contributed by atoms with van der Waals surface area (Å²) >= 11 is 5.42. The molecule has 112 valence electrons. The van der Waals surface area contributed by atoms with E-state index in [0.717, 1.165) is 6.07 Å². The fourth-order valence-corrected chi connectivity index (χ4v) is 1.63. The van der Waals surface area contributed by atoms with Crippen LogP contribution in [0.2, 0.25) is 5.02 Å². The largest absolute Gasteiger partial charge is 0.573 e. The average Bonchev–Trinajstić information content (AvgIpc) is 2.25. The highest BCUT2D eigenvalue weighted by atomic mass is 35.5. The van der Waals surface area contributed by atoms with Crippen LogP contribution >= 0.6 is 11.6 Å². The van der Waals surface area contributed by atoms with Crippen molar-refractivity contribution in [2.45, 2.75) is 18.5 Å². The first kappa shape index (κ1) is 16.6. The molecule has 0 radical (unpaired) electrons. The lowest BCUT2D eigenvalue weighted by Crippen LogP contribution is -2.20. The van der Waals surface area contributed by atoms with Gasteiger partial charge in [-0.15, -0.1) is 13.2 Å². The van der Waals surface area contributed by atoms with Gasteiger partial charge in [0.15, 0.2) is 0 Å². The van der Waals surface area contributed by atoms with Crippen LogP contribution in [0.25, 0.3) is 0 Å². The van der Waals surface area contributed by atoms with E-state index in [4.69, 9.17) is 11.6 Å². The molecular formula is C11H6ClF7O. The molecule has 1 atom stereocenters. The van der Waals surface area contributed by atoms with E-state index in [0.29, 0.717) is 12.1 Å². The smallest absolute Gasteiger partial charge is 0.404 e. The molecule has 0 aromatic heterocycles. The van der Waals surface area contributed by atoms with Crippen molar-refractivity contribution in [1.29, 1.82) is 0 Å². The van der Waals surface area contributed by atoms with Crippen molar-refractivity contribution in [2.24, 2.45) is 0 Å². The van der Waals surface area contributed by atoms with Gasteiger partial charge in [0.2, 0.25) is 0 Å². The Balaban J connectivity index is 3.13. The second kappa shape index (κ2) is 5.90. The Hall–Kier alpha value is -1.44. The van der Waals surface area contributed by atoms with E-state index in [1.165, 1.54) is 0 Å². The van der Waals surface area contributed by atoms with Crippen LogP contribution in [0.5, 0.6) is 5.75 Å². The van der Waals surface area contributed by atoms with Crippen LogP contribution in [0.1, 0.15) is 11.5 Å². The summed E-state index contributed by atoms with van der Waals surface area (Å²) in [5.41, 5.74) is -0.508. The van der Waals surface area contributed by atoms with Gasteiger partial charge in [-0.25, -0.2) is 4.39 Å². The minimum absolute atomic E-state index is 0.218. The predicted octanol–water partition coefficient (Wildman–Crippen LogP) is 5.37. The summed E-state index contributed by atoms with van der Waals surface area (Å²) in [7, 11) is 0. The lowest BCUT2D eigenvalue weighted by molar-refractivity contribution is -0.274. The zero-order valence-corrected chi connectivity index (χ0v) is 10.2. The first-order valence-electron chi connectivity index (χ1n) is 4.93. The lowest BCUT2D eigenvalue weighted by atomic mass is 9.98. The molecule has 0 fully saturated rings. The monoisotopic (exact) mass is 322 g/mol. The number of ether oxygens (including phenoxy) is 1. The van der Waals surface area contributed by atoms with Crippen LogP contribution in [0, 0.1) is 0 Å². The lowest BCUT2D eigenvalue weighted by Gasteiger charge is -2.18. The summed E-state index contributed by atoms with van der Waals surface area (Å²) in [6.07, 6.45) is -9.91. The molecule has 1 unspecified atom stereocenters. The molecule has 0 heterocycles. The van der Waals surface area contributed by atoms with E-state index < -0.39 is 34.8 Å². The first-order chi connectivity index (χ1) is 9.04. The molecule has 0 aliphatic rings.